The SMILES string of the molecule is CCCCN(CCCC)CC1=C(COC(C)=O)C2C=CC1C2. The van der Waals surface area contributed by atoms with Crippen LogP contribution in [0.3, 0.4) is 0 Å². The zero-order valence-electron chi connectivity index (χ0n) is 14.4. The van der Waals surface area contributed by atoms with Crippen molar-refractivity contribution in [3.8, 4) is 0 Å². The molecular formula is C19H31NO2. The first-order valence-corrected chi connectivity index (χ1v) is 8.91. The fourth-order valence-corrected chi connectivity index (χ4v) is 3.56. The summed E-state index contributed by atoms with van der Waals surface area (Å²) in [5.41, 5.74) is 2.90. The van der Waals surface area contributed by atoms with Crippen molar-refractivity contribution in [1.29, 1.82) is 0 Å². The number of carbonyl (C=O) groups excluding carboxylic acids is 1. The Hall–Kier alpha value is -1.09. The van der Waals surface area contributed by atoms with E-state index in [1.54, 1.807) is 0 Å². The van der Waals surface area contributed by atoms with Crippen LogP contribution < -0.4 is 0 Å². The average molecular weight is 305 g/mol. The minimum Gasteiger partial charge on any atom is -0.461 e. The first kappa shape index (κ1) is 17.3. The van der Waals surface area contributed by atoms with Crippen LogP contribution in [0.2, 0.25) is 0 Å². The van der Waals surface area contributed by atoms with Crippen LogP contribution >= 0.6 is 0 Å². The Balaban J connectivity index is 2.02. The highest BCUT2D eigenvalue weighted by Gasteiger charge is 2.35. The monoisotopic (exact) mass is 305 g/mol. The Labute approximate surface area is 135 Å². The van der Waals surface area contributed by atoms with E-state index in [4.69, 9.17) is 4.74 Å². The number of fused-ring (bicyclic) bond motifs is 2. The van der Waals surface area contributed by atoms with Gasteiger partial charge in [0.1, 0.15) is 6.61 Å². The standard InChI is InChI=1S/C19H31NO2/c1-4-6-10-20(11-7-5-2)13-18-16-8-9-17(12-16)19(18)14-22-15(3)21/h8-9,16-17H,4-7,10-14H2,1-3H3. The lowest BCUT2D eigenvalue weighted by Crippen LogP contribution is -2.30. The van der Waals surface area contributed by atoms with Crippen molar-refractivity contribution < 1.29 is 9.53 Å². The lowest BCUT2D eigenvalue weighted by molar-refractivity contribution is -0.140. The van der Waals surface area contributed by atoms with Gasteiger partial charge in [0.05, 0.1) is 0 Å². The van der Waals surface area contributed by atoms with E-state index in [1.165, 1.54) is 63.3 Å². The number of nitrogens with zero attached hydrogens (tertiary/aromatic N) is 1. The van der Waals surface area contributed by atoms with Crippen molar-refractivity contribution in [2.24, 2.45) is 11.8 Å². The van der Waals surface area contributed by atoms with Gasteiger partial charge in [-0.25, -0.2) is 0 Å². The molecule has 3 heteroatoms. The second-order valence-electron chi connectivity index (χ2n) is 6.65. The fraction of sp³-hybridized carbons (Fsp3) is 0.737. The molecule has 0 saturated carbocycles. The summed E-state index contributed by atoms with van der Waals surface area (Å²) >= 11 is 0. The summed E-state index contributed by atoms with van der Waals surface area (Å²) < 4.78 is 5.30. The van der Waals surface area contributed by atoms with E-state index in [-0.39, 0.29) is 5.97 Å². The average Bonchev–Trinajstić information content (AvgIpc) is 3.09. The van der Waals surface area contributed by atoms with Gasteiger partial charge in [-0.2, -0.15) is 0 Å². The van der Waals surface area contributed by atoms with E-state index in [0.29, 0.717) is 18.4 Å². The number of carbonyl (C=O) groups is 1. The Morgan fingerprint density at radius 1 is 1.14 bits per heavy atom. The van der Waals surface area contributed by atoms with Crippen molar-refractivity contribution >= 4 is 5.97 Å². The summed E-state index contributed by atoms with van der Waals surface area (Å²) in [5.74, 6) is 0.923. The summed E-state index contributed by atoms with van der Waals surface area (Å²) in [6.07, 6.45) is 10.9. The van der Waals surface area contributed by atoms with Gasteiger partial charge in [-0.15, -0.1) is 0 Å². The third-order valence-corrected chi connectivity index (χ3v) is 4.87. The molecule has 0 amide bonds. The third-order valence-electron chi connectivity index (χ3n) is 4.87. The molecule has 0 aromatic heterocycles. The molecule has 0 saturated heterocycles. The van der Waals surface area contributed by atoms with Crippen LogP contribution in [-0.4, -0.2) is 37.1 Å². The number of allylic oxidation sites excluding steroid dienone is 2. The highest BCUT2D eigenvalue weighted by Crippen LogP contribution is 2.44. The van der Waals surface area contributed by atoms with Crippen LogP contribution in [0.5, 0.6) is 0 Å². The molecule has 3 nitrogen and oxygen atoms in total. The lowest BCUT2D eigenvalue weighted by Gasteiger charge is -2.26. The maximum Gasteiger partial charge on any atom is 0.302 e. The van der Waals surface area contributed by atoms with Gasteiger partial charge in [-0.05, 0) is 43.5 Å². The van der Waals surface area contributed by atoms with Crippen LogP contribution in [0.25, 0.3) is 0 Å². The first-order chi connectivity index (χ1) is 10.7. The molecule has 2 unspecified atom stereocenters. The molecule has 0 N–H and O–H groups in total. The van der Waals surface area contributed by atoms with E-state index < -0.39 is 0 Å². The zero-order valence-corrected chi connectivity index (χ0v) is 14.4. The maximum atomic E-state index is 11.1. The van der Waals surface area contributed by atoms with Crippen LogP contribution in [0.4, 0.5) is 0 Å². The topological polar surface area (TPSA) is 29.5 Å². The summed E-state index contributed by atoms with van der Waals surface area (Å²) in [6, 6.07) is 0. The summed E-state index contributed by atoms with van der Waals surface area (Å²) in [5, 5.41) is 0. The second-order valence-corrected chi connectivity index (χ2v) is 6.65. The number of hydrogen-bond acceptors (Lipinski definition) is 3. The quantitative estimate of drug-likeness (QED) is 0.452. The maximum absolute atomic E-state index is 11.1. The molecule has 0 aromatic rings. The fourth-order valence-electron chi connectivity index (χ4n) is 3.56. The van der Waals surface area contributed by atoms with Crippen molar-refractivity contribution in [1.82, 2.24) is 4.90 Å². The Bertz CT molecular complexity index is 431. The highest BCUT2D eigenvalue weighted by molar-refractivity contribution is 5.66. The van der Waals surface area contributed by atoms with Crippen molar-refractivity contribution in [2.75, 3.05) is 26.2 Å². The molecule has 22 heavy (non-hydrogen) atoms. The van der Waals surface area contributed by atoms with Crippen molar-refractivity contribution in [3.05, 3.63) is 23.3 Å². The van der Waals surface area contributed by atoms with Crippen LogP contribution in [0.15, 0.2) is 23.3 Å². The summed E-state index contributed by atoms with van der Waals surface area (Å²) in [4.78, 5) is 13.7. The molecule has 2 rings (SSSR count). The number of unbranched alkanes of at least 4 members (excludes halogenated alkanes) is 2. The molecule has 0 spiro atoms. The van der Waals surface area contributed by atoms with E-state index in [2.05, 4.69) is 30.9 Å². The molecule has 124 valence electrons. The van der Waals surface area contributed by atoms with Gasteiger partial charge >= 0.3 is 5.97 Å². The number of ether oxygens (including phenoxy) is 1. The number of esters is 1. The van der Waals surface area contributed by atoms with E-state index in [9.17, 15) is 4.79 Å². The molecular weight excluding hydrogens is 274 g/mol. The highest BCUT2D eigenvalue weighted by atomic mass is 16.5. The molecule has 2 aliphatic carbocycles. The summed E-state index contributed by atoms with van der Waals surface area (Å²) in [7, 11) is 0. The second kappa shape index (κ2) is 8.52. The molecule has 2 bridgehead atoms. The molecule has 2 atom stereocenters. The first-order valence-electron chi connectivity index (χ1n) is 8.91. The van der Waals surface area contributed by atoms with Crippen molar-refractivity contribution in [2.45, 2.75) is 52.9 Å². The van der Waals surface area contributed by atoms with Gasteiger partial charge in [-0.3, -0.25) is 9.69 Å². The van der Waals surface area contributed by atoms with Gasteiger partial charge in [0.2, 0.25) is 0 Å². The largest absolute Gasteiger partial charge is 0.461 e. The molecule has 0 heterocycles. The smallest absolute Gasteiger partial charge is 0.302 e. The zero-order chi connectivity index (χ0) is 15.9. The van der Waals surface area contributed by atoms with Crippen LogP contribution in [0, 0.1) is 11.8 Å². The Morgan fingerprint density at radius 2 is 1.73 bits per heavy atom. The van der Waals surface area contributed by atoms with Gasteiger partial charge < -0.3 is 4.74 Å². The van der Waals surface area contributed by atoms with E-state index in [1.807, 2.05) is 0 Å². The predicted molar refractivity (Wildman–Crippen MR) is 90.7 cm³/mol. The summed E-state index contributed by atoms with van der Waals surface area (Å²) in [6.45, 7) is 9.92. The normalized spacial score (nSPS) is 22.9. The van der Waals surface area contributed by atoms with Crippen molar-refractivity contribution in [3.63, 3.8) is 0 Å². The Kier molecular flexibility index (Phi) is 6.69. The van der Waals surface area contributed by atoms with Crippen LogP contribution in [0.1, 0.15) is 52.9 Å². The lowest BCUT2D eigenvalue weighted by atomic mass is 9.96. The minimum absolute atomic E-state index is 0.174. The molecule has 0 aromatic carbocycles. The third kappa shape index (κ3) is 4.45. The molecule has 0 fully saturated rings. The van der Waals surface area contributed by atoms with Gasteiger partial charge in [0.15, 0.2) is 0 Å². The van der Waals surface area contributed by atoms with E-state index >= 15 is 0 Å². The Morgan fingerprint density at radius 3 is 2.27 bits per heavy atom. The minimum atomic E-state index is -0.174. The molecule has 2 aliphatic rings. The molecule has 0 aliphatic heterocycles. The van der Waals surface area contributed by atoms with Crippen LogP contribution in [-0.2, 0) is 9.53 Å². The number of hydrogen-bond donors (Lipinski definition) is 0. The molecule has 0 radical (unpaired) electrons. The number of rotatable bonds is 10. The van der Waals surface area contributed by atoms with E-state index in [0.717, 1.165) is 6.54 Å². The van der Waals surface area contributed by atoms with Gasteiger partial charge in [0, 0.05) is 25.3 Å². The van der Waals surface area contributed by atoms with Gasteiger partial charge in [-0.1, -0.05) is 38.8 Å². The predicted octanol–water partition coefficient (Wildman–Crippen LogP) is 3.95. The van der Waals surface area contributed by atoms with Gasteiger partial charge in [0.25, 0.3) is 0 Å².